The van der Waals surface area contributed by atoms with Crippen molar-refractivity contribution in [2.24, 2.45) is 0 Å². The molecule has 1 amide bonds. The Morgan fingerprint density at radius 2 is 1.68 bits per heavy atom. The van der Waals surface area contributed by atoms with Crippen molar-refractivity contribution in [3.05, 3.63) is 59.7 Å². The van der Waals surface area contributed by atoms with Gasteiger partial charge < -0.3 is 10.1 Å². The van der Waals surface area contributed by atoms with Gasteiger partial charge in [-0.15, -0.1) is 0 Å². The number of aryl methyl sites for hydroxylation is 1. The standard InChI is InChI=1S/C20H24N2O5S/c1-14-8-10-16(11-9-14)21-18(23)13-27-19(24)15-6-5-7-17(12-15)28(25,26)22-20(2,3)4/h5-12,22H,13H2,1-4H3,(H,21,23). The molecule has 2 rings (SSSR count). The smallest absolute Gasteiger partial charge is 0.338 e. The molecular weight excluding hydrogens is 380 g/mol. The molecule has 0 unspecified atom stereocenters. The molecule has 28 heavy (non-hydrogen) atoms. The van der Waals surface area contributed by atoms with Crippen LogP contribution < -0.4 is 10.0 Å². The van der Waals surface area contributed by atoms with Gasteiger partial charge in [0.1, 0.15) is 0 Å². The van der Waals surface area contributed by atoms with Crippen LogP contribution in [0.4, 0.5) is 5.69 Å². The molecule has 2 aromatic rings. The van der Waals surface area contributed by atoms with E-state index < -0.39 is 34.0 Å². The number of anilines is 1. The molecule has 8 heteroatoms. The molecule has 0 aliphatic carbocycles. The molecule has 0 aromatic heterocycles. The summed E-state index contributed by atoms with van der Waals surface area (Å²) in [6.07, 6.45) is 0. The van der Waals surface area contributed by atoms with Crippen LogP contribution in [0.3, 0.4) is 0 Å². The maximum atomic E-state index is 12.4. The molecule has 0 saturated heterocycles. The lowest BCUT2D eigenvalue weighted by Gasteiger charge is -2.20. The summed E-state index contributed by atoms with van der Waals surface area (Å²) in [6.45, 7) is 6.60. The second-order valence-electron chi connectivity index (χ2n) is 7.37. The third kappa shape index (κ3) is 6.47. The van der Waals surface area contributed by atoms with Gasteiger partial charge in [-0.05, 0) is 58.0 Å². The predicted octanol–water partition coefficient (Wildman–Crippen LogP) is 2.87. The van der Waals surface area contributed by atoms with E-state index in [1.165, 1.54) is 24.3 Å². The molecule has 0 aliphatic heterocycles. The molecule has 0 bridgehead atoms. The fourth-order valence-corrected chi connectivity index (χ4v) is 3.76. The number of sulfonamides is 1. The van der Waals surface area contributed by atoms with Crippen LogP contribution in [0.15, 0.2) is 53.4 Å². The number of amides is 1. The van der Waals surface area contributed by atoms with Gasteiger partial charge in [0.2, 0.25) is 10.0 Å². The first kappa shape index (κ1) is 21.6. The second-order valence-corrected chi connectivity index (χ2v) is 9.06. The van der Waals surface area contributed by atoms with Crippen LogP contribution in [-0.2, 0) is 19.6 Å². The van der Waals surface area contributed by atoms with Crippen LogP contribution in [0.1, 0.15) is 36.7 Å². The molecule has 2 aromatic carbocycles. The molecule has 0 saturated carbocycles. The van der Waals surface area contributed by atoms with Gasteiger partial charge in [-0.1, -0.05) is 23.8 Å². The molecular formula is C20H24N2O5S. The molecule has 150 valence electrons. The van der Waals surface area contributed by atoms with Gasteiger partial charge in [0.05, 0.1) is 10.5 Å². The quantitative estimate of drug-likeness (QED) is 0.721. The Balaban J connectivity index is 2.01. The first-order valence-corrected chi connectivity index (χ1v) is 10.1. The minimum absolute atomic E-state index is 0.0416. The van der Waals surface area contributed by atoms with E-state index in [4.69, 9.17) is 4.74 Å². The molecule has 0 atom stereocenters. The largest absolute Gasteiger partial charge is 0.452 e. The summed E-state index contributed by atoms with van der Waals surface area (Å²) >= 11 is 0. The summed E-state index contributed by atoms with van der Waals surface area (Å²) in [4.78, 5) is 24.1. The van der Waals surface area contributed by atoms with Crippen molar-refractivity contribution in [2.45, 2.75) is 38.1 Å². The number of hydrogen-bond donors (Lipinski definition) is 2. The van der Waals surface area contributed by atoms with Crippen molar-refractivity contribution in [2.75, 3.05) is 11.9 Å². The topological polar surface area (TPSA) is 102 Å². The Hall–Kier alpha value is -2.71. The second kappa shape index (κ2) is 8.53. The van der Waals surface area contributed by atoms with Crippen molar-refractivity contribution in [3.8, 4) is 0 Å². The number of benzene rings is 2. The number of hydrogen-bond acceptors (Lipinski definition) is 5. The Bertz CT molecular complexity index is 961. The summed E-state index contributed by atoms with van der Waals surface area (Å²) in [6, 6.07) is 12.6. The number of carbonyl (C=O) groups excluding carboxylic acids is 2. The van der Waals surface area contributed by atoms with E-state index in [1.54, 1.807) is 32.9 Å². The highest BCUT2D eigenvalue weighted by molar-refractivity contribution is 7.89. The Morgan fingerprint density at radius 3 is 2.29 bits per heavy atom. The van der Waals surface area contributed by atoms with Gasteiger partial charge in [0.25, 0.3) is 5.91 Å². The maximum absolute atomic E-state index is 12.4. The predicted molar refractivity (Wildman–Crippen MR) is 107 cm³/mol. The number of rotatable bonds is 6. The van der Waals surface area contributed by atoms with Crippen LogP contribution in [0.25, 0.3) is 0 Å². The normalized spacial score (nSPS) is 11.7. The first-order chi connectivity index (χ1) is 13.0. The number of ether oxygens (including phenoxy) is 1. The van der Waals surface area contributed by atoms with Crippen LogP contribution >= 0.6 is 0 Å². The lowest BCUT2D eigenvalue weighted by molar-refractivity contribution is -0.119. The van der Waals surface area contributed by atoms with E-state index >= 15 is 0 Å². The summed E-state index contributed by atoms with van der Waals surface area (Å²) in [5.41, 5.74) is 1.02. The summed E-state index contributed by atoms with van der Waals surface area (Å²) in [5, 5.41) is 2.62. The first-order valence-electron chi connectivity index (χ1n) is 8.64. The Labute approximate surface area is 165 Å². The monoisotopic (exact) mass is 404 g/mol. The van der Waals surface area contributed by atoms with Crippen LogP contribution in [0.5, 0.6) is 0 Å². The lowest BCUT2D eigenvalue weighted by Crippen LogP contribution is -2.40. The zero-order valence-electron chi connectivity index (χ0n) is 16.3. The van der Waals surface area contributed by atoms with Crippen molar-refractivity contribution < 1.29 is 22.7 Å². The number of carbonyl (C=O) groups is 2. The highest BCUT2D eigenvalue weighted by atomic mass is 32.2. The third-order valence-corrected chi connectivity index (χ3v) is 5.25. The minimum Gasteiger partial charge on any atom is -0.452 e. The highest BCUT2D eigenvalue weighted by Gasteiger charge is 2.23. The SMILES string of the molecule is Cc1ccc(NC(=O)COC(=O)c2cccc(S(=O)(=O)NC(C)(C)C)c2)cc1. The Kier molecular flexibility index (Phi) is 6.58. The van der Waals surface area contributed by atoms with Gasteiger partial charge in [-0.2, -0.15) is 0 Å². The van der Waals surface area contributed by atoms with E-state index in [1.807, 2.05) is 19.1 Å². The summed E-state index contributed by atoms with van der Waals surface area (Å²) in [7, 11) is -3.79. The van der Waals surface area contributed by atoms with E-state index in [0.717, 1.165) is 5.56 Å². The number of nitrogens with one attached hydrogen (secondary N) is 2. The van der Waals surface area contributed by atoms with Crippen molar-refractivity contribution in [1.29, 1.82) is 0 Å². The fourth-order valence-electron chi connectivity index (χ4n) is 2.30. The van der Waals surface area contributed by atoms with Crippen LogP contribution in [0, 0.1) is 6.92 Å². The van der Waals surface area contributed by atoms with Gasteiger partial charge >= 0.3 is 5.97 Å². The summed E-state index contributed by atoms with van der Waals surface area (Å²) < 4.78 is 32.3. The third-order valence-electron chi connectivity index (χ3n) is 3.49. The molecule has 0 fully saturated rings. The average molecular weight is 404 g/mol. The molecule has 0 aliphatic rings. The van der Waals surface area contributed by atoms with Gasteiger partial charge in [-0.25, -0.2) is 17.9 Å². The van der Waals surface area contributed by atoms with Crippen LogP contribution in [0.2, 0.25) is 0 Å². The highest BCUT2D eigenvalue weighted by Crippen LogP contribution is 2.15. The van der Waals surface area contributed by atoms with Gasteiger partial charge in [-0.3, -0.25) is 4.79 Å². The molecule has 0 heterocycles. The van der Waals surface area contributed by atoms with Crippen LogP contribution in [-0.4, -0.2) is 32.4 Å². The minimum atomic E-state index is -3.79. The van der Waals surface area contributed by atoms with E-state index in [-0.39, 0.29) is 10.5 Å². The van der Waals surface area contributed by atoms with Crippen molar-refractivity contribution >= 4 is 27.6 Å². The molecule has 0 spiro atoms. The number of esters is 1. The fraction of sp³-hybridized carbons (Fsp3) is 0.300. The molecule has 2 N–H and O–H groups in total. The van der Waals surface area contributed by atoms with Gasteiger partial charge in [0, 0.05) is 11.2 Å². The zero-order chi connectivity index (χ0) is 20.9. The van der Waals surface area contributed by atoms with E-state index in [9.17, 15) is 18.0 Å². The Morgan fingerprint density at radius 1 is 1.04 bits per heavy atom. The lowest BCUT2D eigenvalue weighted by atomic mass is 10.1. The van der Waals surface area contributed by atoms with Crippen molar-refractivity contribution in [3.63, 3.8) is 0 Å². The summed E-state index contributed by atoms with van der Waals surface area (Å²) in [5.74, 6) is -1.28. The average Bonchev–Trinajstić information content (AvgIpc) is 2.60. The van der Waals surface area contributed by atoms with Crippen molar-refractivity contribution in [1.82, 2.24) is 4.72 Å². The van der Waals surface area contributed by atoms with E-state index in [0.29, 0.717) is 5.69 Å². The zero-order valence-corrected chi connectivity index (χ0v) is 17.1. The van der Waals surface area contributed by atoms with E-state index in [2.05, 4.69) is 10.0 Å². The molecule has 7 nitrogen and oxygen atoms in total. The maximum Gasteiger partial charge on any atom is 0.338 e. The van der Waals surface area contributed by atoms with Gasteiger partial charge in [0.15, 0.2) is 6.61 Å². The molecule has 0 radical (unpaired) electrons.